The van der Waals surface area contributed by atoms with Gasteiger partial charge in [0.25, 0.3) is 0 Å². The fraction of sp³-hybridized carbons (Fsp3) is 0.100. The van der Waals surface area contributed by atoms with Gasteiger partial charge in [-0.1, -0.05) is 0 Å². The predicted molar refractivity (Wildman–Crippen MR) is 52.5 cm³/mol. The number of hydrogen-bond acceptors (Lipinski definition) is 2. The standard InChI is InChI=1S/C10H4F5NS/c11-6-2-1-5(7-3-17-4-16-7)9(12)8(6)10(13,14)15/h1-4H. The van der Waals surface area contributed by atoms with Crippen molar-refractivity contribution in [3.63, 3.8) is 0 Å². The van der Waals surface area contributed by atoms with Crippen molar-refractivity contribution in [3.8, 4) is 11.3 Å². The maximum Gasteiger partial charge on any atom is 0.422 e. The molecule has 0 fully saturated rings. The van der Waals surface area contributed by atoms with E-state index in [0.717, 1.165) is 17.4 Å². The van der Waals surface area contributed by atoms with Crippen LogP contribution in [0.2, 0.25) is 0 Å². The number of benzene rings is 1. The molecule has 2 rings (SSSR count). The third-order valence-corrected chi connectivity index (χ3v) is 2.67. The first-order valence-corrected chi connectivity index (χ1v) is 5.29. The average molecular weight is 265 g/mol. The van der Waals surface area contributed by atoms with Crippen molar-refractivity contribution >= 4 is 11.3 Å². The van der Waals surface area contributed by atoms with Crippen LogP contribution in [0.15, 0.2) is 23.0 Å². The van der Waals surface area contributed by atoms with E-state index in [4.69, 9.17) is 0 Å². The van der Waals surface area contributed by atoms with Crippen LogP contribution in [0, 0.1) is 11.6 Å². The van der Waals surface area contributed by atoms with Crippen LogP contribution >= 0.6 is 11.3 Å². The van der Waals surface area contributed by atoms with E-state index in [1.54, 1.807) is 0 Å². The van der Waals surface area contributed by atoms with Crippen LogP contribution in [0.1, 0.15) is 5.56 Å². The number of rotatable bonds is 1. The maximum atomic E-state index is 13.6. The van der Waals surface area contributed by atoms with E-state index in [-0.39, 0.29) is 11.3 Å². The quantitative estimate of drug-likeness (QED) is 0.707. The monoisotopic (exact) mass is 265 g/mol. The highest BCUT2D eigenvalue weighted by molar-refractivity contribution is 7.07. The highest BCUT2D eigenvalue weighted by Crippen LogP contribution is 2.37. The molecule has 17 heavy (non-hydrogen) atoms. The first-order valence-electron chi connectivity index (χ1n) is 4.35. The van der Waals surface area contributed by atoms with Gasteiger partial charge in [-0.05, 0) is 12.1 Å². The van der Waals surface area contributed by atoms with Gasteiger partial charge < -0.3 is 0 Å². The second kappa shape index (κ2) is 4.06. The summed E-state index contributed by atoms with van der Waals surface area (Å²) >= 11 is 1.11. The van der Waals surface area contributed by atoms with Crippen molar-refractivity contribution in [2.75, 3.05) is 0 Å². The highest BCUT2D eigenvalue weighted by Gasteiger charge is 2.38. The molecule has 0 aliphatic heterocycles. The molecule has 0 aliphatic rings. The lowest BCUT2D eigenvalue weighted by molar-refractivity contribution is -0.142. The lowest BCUT2D eigenvalue weighted by atomic mass is 10.1. The Balaban J connectivity index is 2.66. The molecule has 0 N–H and O–H groups in total. The SMILES string of the molecule is Fc1ccc(-c2cscn2)c(F)c1C(F)(F)F. The third kappa shape index (κ3) is 2.14. The Bertz CT molecular complexity index is 532. The Morgan fingerprint density at radius 2 is 1.82 bits per heavy atom. The zero-order valence-corrected chi connectivity index (χ0v) is 8.87. The van der Waals surface area contributed by atoms with Crippen LogP contribution in [0.4, 0.5) is 22.0 Å². The predicted octanol–water partition coefficient (Wildman–Crippen LogP) is 4.11. The molecule has 2 aromatic rings. The number of nitrogens with zero attached hydrogens (tertiary/aromatic N) is 1. The summed E-state index contributed by atoms with van der Waals surface area (Å²) in [6, 6.07) is 1.52. The minimum absolute atomic E-state index is 0.0537. The average Bonchev–Trinajstić information content (AvgIpc) is 2.68. The van der Waals surface area contributed by atoms with Crippen LogP contribution in [-0.4, -0.2) is 4.98 Å². The zero-order chi connectivity index (χ0) is 12.6. The molecular weight excluding hydrogens is 261 g/mol. The Morgan fingerprint density at radius 3 is 2.35 bits per heavy atom. The second-order valence-electron chi connectivity index (χ2n) is 3.16. The number of aromatic nitrogens is 1. The molecule has 1 nitrogen and oxygen atoms in total. The summed E-state index contributed by atoms with van der Waals surface area (Å²) in [5, 5.41) is 1.39. The van der Waals surface area contributed by atoms with Gasteiger partial charge in [-0.15, -0.1) is 11.3 Å². The van der Waals surface area contributed by atoms with Gasteiger partial charge in [0.1, 0.15) is 17.2 Å². The molecule has 0 radical (unpaired) electrons. The minimum Gasteiger partial charge on any atom is -0.245 e. The molecule has 0 aliphatic carbocycles. The first kappa shape index (κ1) is 12.0. The van der Waals surface area contributed by atoms with Gasteiger partial charge in [0.05, 0.1) is 11.2 Å². The molecule has 90 valence electrons. The van der Waals surface area contributed by atoms with Gasteiger partial charge in [-0.25, -0.2) is 13.8 Å². The van der Waals surface area contributed by atoms with E-state index < -0.39 is 23.4 Å². The maximum absolute atomic E-state index is 13.6. The topological polar surface area (TPSA) is 12.9 Å². The van der Waals surface area contributed by atoms with Crippen LogP contribution in [0.25, 0.3) is 11.3 Å². The molecule has 0 spiro atoms. The normalized spacial score (nSPS) is 11.8. The molecule has 0 bridgehead atoms. The number of alkyl halides is 3. The minimum atomic E-state index is -5.07. The Kier molecular flexibility index (Phi) is 2.86. The molecule has 1 heterocycles. The van der Waals surface area contributed by atoms with Crippen molar-refractivity contribution in [2.45, 2.75) is 6.18 Å². The Hall–Kier alpha value is -1.50. The van der Waals surface area contributed by atoms with Crippen molar-refractivity contribution in [3.05, 3.63) is 40.2 Å². The number of thiazole rings is 1. The molecule has 0 atom stereocenters. The van der Waals surface area contributed by atoms with Crippen LogP contribution < -0.4 is 0 Å². The van der Waals surface area contributed by atoms with E-state index in [2.05, 4.69) is 4.98 Å². The van der Waals surface area contributed by atoms with Crippen LogP contribution in [-0.2, 0) is 6.18 Å². The number of halogens is 5. The van der Waals surface area contributed by atoms with Gasteiger partial charge in [0.15, 0.2) is 0 Å². The summed E-state index contributed by atoms with van der Waals surface area (Å²) in [5.74, 6) is -3.27. The first-order chi connectivity index (χ1) is 7.91. The van der Waals surface area contributed by atoms with Crippen molar-refractivity contribution in [2.24, 2.45) is 0 Å². The fourth-order valence-corrected chi connectivity index (χ4v) is 1.91. The van der Waals surface area contributed by atoms with E-state index in [0.29, 0.717) is 6.07 Å². The van der Waals surface area contributed by atoms with E-state index in [1.165, 1.54) is 10.9 Å². The van der Waals surface area contributed by atoms with Crippen LogP contribution in [0.3, 0.4) is 0 Å². The smallest absolute Gasteiger partial charge is 0.245 e. The van der Waals surface area contributed by atoms with Crippen molar-refractivity contribution in [1.82, 2.24) is 4.98 Å². The highest BCUT2D eigenvalue weighted by atomic mass is 32.1. The second-order valence-corrected chi connectivity index (χ2v) is 3.87. The van der Waals surface area contributed by atoms with Gasteiger partial charge >= 0.3 is 6.18 Å². The summed E-state index contributed by atoms with van der Waals surface area (Å²) in [7, 11) is 0. The Labute approximate surface area is 96.5 Å². The summed E-state index contributed by atoms with van der Waals surface area (Å²) in [6.45, 7) is 0. The summed E-state index contributed by atoms with van der Waals surface area (Å²) in [4.78, 5) is 3.69. The van der Waals surface area contributed by atoms with Crippen LogP contribution in [0.5, 0.6) is 0 Å². The molecule has 0 saturated heterocycles. The molecule has 1 aromatic heterocycles. The fourth-order valence-electron chi connectivity index (χ4n) is 1.36. The Morgan fingerprint density at radius 1 is 1.12 bits per heavy atom. The van der Waals surface area contributed by atoms with Gasteiger partial charge in [0.2, 0.25) is 0 Å². The van der Waals surface area contributed by atoms with Crippen molar-refractivity contribution in [1.29, 1.82) is 0 Å². The molecule has 0 unspecified atom stereocenters. The number of hydrogen-bond donors (Lipinski definition) is 0. The molecule has 1 aromatic carbocycles. The van der Waals surface area contributed by atoms with Gasteiger partial charge in [0, 0.05) is 10.9 Å². The van der Waals surface area contributed by atoms with Gasteiger partial charge in [-0.2, -0.15) is 13.2 Å². The third-order valence-electron chi connectivity index (χ3n) is 2.08. The van der Waals surface area contributed by atoms with E-state index in [1.807, 2.05) is 0 Å². The molecule has 0 amide bonds. The molecule has 0 saturated carbocycles. The summed E-state index contributed by atoms with van der Waals surface area (Å²) in [5.41, 5.74) is -0.841. The lowest BCUT2D eigenvalue weighted by Gasteiger charge is -2.11. The zero-order valence-electron chi connectivity index (χ0n) is 8.05. The van der Waals surface area contributed by atoms with E-state index in [9.17, 15) is 22.0 Å². The van der Waals surface area contributed by atoms with Crippen molar-refractivity contribution < 1.29 is 22.0 Å². The van der Waals surface area contributed by atoms with E-state index >= 15 is 0 Å². The molecule has 7 heteroatoms. The summed E-state index contributed by atoms with van der Waals surface area (Å²) in [6.07, 6.45) is -5.07. The molecular formula is C10H4F5NS. The van der Waals surface area contributed by atoms with Gasteiger partial charge in [-0.3, -0.25) is 0 Å². The lowest BCUT2D eigenvalue weighted by Crippen LogP contribution is -2.12. The summed E-state index contributed by atoms with van der Waals surface area (Å²) < 4.78 is 63.9. The largest absolute Gasteiger partial charge is 0.422 e.